The monoisotopic (exact) mass is 426 g/mol. The Kier molecular flexibility index (Phi) is 9.75. The highest BCUT2D eigenvalue weighted by molar-refractivity contribution is 5.92. The van der Waals surface area contributed by atoms with Crippen LogP contribution in [0.3, 0.4) is 0 Å². The van der Waals surface area contributed by atoms with Gasteiger partial charge in [-0.3, -0.25) is 19.8 Å². The zero-order valence-corrected chi connectivity index (χ0v) is 16.1. The van der Waals surface area contributed by atoms with E-state index >= 15 is 0 Å². The number of hydrogen-bond donors (Lipinski definition) is 9. The number of aromatic amines is 1. The minimum atomic E-state index is -1.67. The third kappa shape index (κ3) is 9.01. The molecule has 0 saturated heterocycles. The van der Waals surface area contributed by atoms with Gasteiger partial charge in [0.1, 0.15) is 12.1 Å². The van der Waals surface area contributed by atoms with Crippen LogP contribution in [0.2, 0.25) is 0 Å². The standard InChI is InChI=1S/C16H26N8O6/c17-9(2-1-3-21-16(18)19)13(27)23-10(4-8-6-20-7-22-8)14(28)24-11(15(29)30)5-12(25)26/h6-7,9-11H,1-5,17H2,(H,20,22)(H,23,27)(H,24,28)(H,25,26)(H,29,30)(H4,18,19,21)/t9-,10-,11-/m0/s1. The van der Waals surface area contributed by atoms with Crippen LogP contribution in [-0.2, 0) is 25.6 Å². The maximum absolute atomic E-state index is 12.6. The van der Waals surface area contributed by atoms with Gasteiger partial charge in [0.2, 0.25) is 11.8 Å². The molecule has 0 bridgehead atoms. The van der Waals surface area contributed by atoms with Crippen LogP contribution in [0.15, 0.2) is 12.5 Å². The van der Waals surface area contributed by atoms with Crippen molar-refractivity contribution in [2.24, 2.45) is 11.5 Å². The van der Waals surface area contributed by atoms with Crippen molar-refractivity contribution in [2.75, 3.05) is 6.54 Å². The number of amides is 2. The van der Waals surface area contributed by atoms with Crippen LogP contribution >= 0.6 is 0 Å². The van der Waals surface area contributed by atoms with Gasteiger partial charge in [0.05, 0.1) is 24.5 Å². The number of hydrogen-bond acceptors (Lipinski definition) is 7. The molecule has 0 saturated carbocycles. The van der Waals surface area contributed by atoms with E-state index in [1.54, 1.807) is 0 Å². The predicted molar refractivity (Wildman–Crippen MR) is 103 cm³/mol. The second kappa shape index (κ2) is 12.0. The zero-order chi connectivity index (χ0) is 22.7. The van der Waals surface area contributed by atoms with Crippen molar-refractivity contribution < 1.29 is 29.4 Å². The van der Waals surface area contributed by atoms with Gasteiger partial charge >= 0.3 is 11.9 Å². The molecule has 11 N–H and O–H groups in total. The van der Waals surface area contributed by atoms with Gasteiger partial charge in [-0.05, 0) is 12.8 Å². The summed E-state index contributed by atoms with van der Waals surface area (Å²) < 4.78 is 0. The molecule has 3 atom stereocenters. The van der Waals surface area contributed by atoms with Gasteiger partial charge in [-0.2, -0.15) is 0 Å². The predicted octanol–water partition coefficient (Wildman–Crippen LogP) is -2.93. The number of imidazole rings is 1. The van der Waals surface area contributed by atoms with E-state index in [-0.39, 0.29) is 18.8 Å². The molecular formula is C16H26N8O6. The average Bonchev–Trinajstić information content (AvgIpc) is 3.16. The van der Waals surface area contributed by atoms with Crippen molar-refractivity contribution in [1.82, 2.24) is 25.9 Å². The highest BCUT2D eigenvalue weighted by atomic mass is 16.4. The second-order valence-corrected chi connectivity index (χ2v) is 6.41. The Morgan fingerprint density at radius 3 is 2.37 bits per heavy atom. The maximum Gasteiger partial charge on any atom is 0.326 e. The molecule has 0 aliphatic rings. The van der Waals surface area contributed by atoms with Crippen LogP contribution < -0.4 is 27.4 Å². The summed E-state index contributed by atoms with van der Waals surface area (Å²) in [5, 5.41) is 32.1. The molecule has 0 aromatic carbocycles. The number of aliphatic carboxylic acids is 2. The minimum Gasteiger partial charge on any atom is -0.481 e. The first-order valence-corrected chi connectivity index (χ1v) is 8.96. The van der Waals surface area contributed by atoms with Gasteiger partial charge in [-0.15, -0.1) is 0 Å². The second-order valence-electron chi connectivity index (χ2n) is 6.41. The number of carboxylic acids is 2. The summed E-state index contributed by atoms with van der Waals surface area (Å²) >= 11 is 0. The van der Waals surface area contributed by atoms with Gasteiger partial charge < -0.3 is 42.6 Å². The number of rotatable bonds is 13. The third-order valence-electron chi connectivity index (χ3n) is 3.94. The molecule has 14 heteroatoms. The Bertz CT molecular complexity index is 753. The Balaban J connectivity index is 2.77. The summed E-state index contributed by atoms with van der Waals surface area (Å²) in [7, 11) is 0. The number of carbonyl (C=O) groups excluding carboxylic acids is 2. The summed E-state index contributed by atoms with van der Waals surface area (Å²) in [5.74, 6) is -4.68. The summed E-state index contributed by atoms with van der Waals surface area (Å²) in [6.45, 7) is 0.336. The van der Waals surface area contributed by atoms with Crippen molar-refractivity contribution in [3.8, 4) is 0 Å². The fourth-order valence-corrected chi connectivity index (χ4v) is 2.42. The number of aromatic nitrogens is 2. The first-order chi connectivity index (χ1) is 14.1. The highest BCUT2D eigenvalue weighted by Gasteiger charge is 2.29. The van der Waals surface area contributed by atoms with Gasteiger partial charge in [0.15, 0.2) is 5.96 Å². The molecule has 0 aliphatic heterocycles. The number of nitrogens with zero attached hydrogens (tertiary/aromatic N) is 1. The number of carbonyl (C=O) groups is 4. The number of H-pyrrole nitrogens is 1. The number of guanidine groups is 1. The normalized spacial score (nSPS) is 13.5. The number of nitrogens with two attached hydrogens (primary N) is 2. The Morgan fingerprint density at radius 1 is 1.17 bits per heavy atom. The fourth-order valence-electron chi connectivity index (χ4n) is 2.42. The topological polar surface area (TPSA) is 249 Å². The molecule has 166 valence electrons. The summed E-state index contributed by atoms with van der Waals surface area (Å²) in [4.78, 5) is 53.6. The lowest BCUT2D eigenvalue weighted by Crippen LogP contribution is -2.55. The first-order valence-electron chi connectivity index (χ1n) is 8.96. The van der Waals surface area contributed by atoms with E-state index in [1.165, 1.54) is 12.5 Å². The first kappa shape index (κ1) is 24.4. The van der Waals surface area contributed by atoms with E-state index < -0.39 is 48.3 Å². The molecule has 0 spiro atoms. The quantitative estimate of drug-likeness (QED) is 0.0881. The molecule has 2 amide bonds. The Hall–Kier alpha value is -3.68. The Labute approximate surface area is 171 Å². The number of nitrogens with one attached hydrogen (secondary N) is 5. The number of carboxylic acid groups (broad SMARTS) is 2. The van der Waals surface area contributed by atoms with Crippen molar-refractivity contribution >= 4 is 29.7 Å². The summed E-state index contributed by atoms with van der Waals surface area (Å²) in [6, 6.07) is -3.86. The summed E-state index contributed by atoms with van der Waals surface area (Å²) in [6.07, 6.45) is 2.63. The molecule has 1 heterocycles. The van der Waals surface area contributed by atoms with Crippen molar-refractivity contribution in [3.05, 3.63) is 18.2 Å². The van der Waals surface area contributed by atoms with Crippen molar-refractivity contribution in [1.29, 1.82) is 5.41 Å². The molecule has 0 aliphatic carbocycles. The van der Waals surface area contributed by atoms with Crippen molar-refractivity contribution in [2.45, 2.75) is 43.8 Å². The highest BCUT2D eigenvalue weighted by Crippen LogP contribution is 2.03. The molecule has 1 aromatic rings. The molecule has 0 radical (unpaired) electrons. The van der Waals surface area contributed by atoms with Crippen LogP contribution in [0.1, 0.15) is 25.0 Å². The fraction of sp³-hybridized carbons (Fsp3) is 0.500. The lowest BCUT2D eigenvalue weighted by molar-refractivity contribution is -0.147. The van der Waals surface area contributed by atoms with E-state index in [4.69, 9.17) is 27.1 Å². The molecule has 14 nitrogen and oxygen atoms in total. The molecular weight excluding hydrogens is 400 g/mol. The van der Waals surface area contributed by atoms with E-state index in [2.05, 4.69) is 25.9 Å². The SMILES string of the molecule is N=C(N)NCCC[C@H](N)C(=O)N[C@@H](Cc1c[nH]cn1)C(=O)N[C@@H](CC(=O)O)C(=O)O. The van der Waals surface area contributed by atoms with Gasteiger partial charge in [0.25, 0.3) is 0 Å². The molecule has 1 rings (SSSR count). The van der Waals surface area contributed by atoms with E-state index in [9.17, 15) is 19.2 Å². The van der Waals surface area contributed by atoms with Crippen LogP contribution in [-0.4, -0.2) is 74.6 Å². The van der Waals surface area contributed by atoms with Crippen LogP contribution in [0.4, 0.5) is 0 Å². The van der Waals surface area contributed by atoms with E-state index in [0.29, 0.717) is 18.7 Å². The zero-order valence-electron chi connectivity index (χ0n) is 16.1. The van der Waals surface area contributed by atoms with Crippen LogP contribution in [0, 0.1) is 5.41 Å². The van der Waals surface area contributed by atoms with Gasteiger partial charge in [-0.25, -0.2) is 9.78 Å². The molecule has 0 unspecified atom stereocenters. The minimum absolute atomic E-state index is 0.0703. The molecule has 0 fully saturated rings. The molecule has 1 aromatic heterocycles. The lowest BCUT2D eigenvalue weighted by Gasteiger charge is -2.22. The lowest BCUT2D eigenvalue weighted by atomic mass is 10.1. The smallest absolute Gasteiger partial charge is 0.326 e. The average molecular weight is 426 g/mol. The summed E-state index contributed by atoms with van der Waals surface area (Å²) in [5.41, 5.74) is 11.4. The van der Waals surface area contributed by atoms with Crippen LogP contribution in [0.5, 0.6) is 0 Å². The maximum atomic E-state index is 12.6. The largest absolute Gasteiger partial charge is 0.481 e. The van der Waals surface area contributed by atoms with Gasteiger partial charge in [-0.1, -0.05) is 0 Å². The van der Waals surface area contributed by atoms with Gasteiger partial charge in [0, 0.05) is 19.2 Å². The van der Waals surface area contributed by atoms with Crippen molar-refractivity contribution in [3.63, 3.8) is 0 Å². The Morgan fingerprint density at radius 2 is 1.83 bits per heavy atom. The van der Waals surface area contributed by atoms with Crippen LogP contribution in [0.25, 0.3) is 0 Å². The van der Waals surface area contributed by atoms with E-state index in [0.717, 1.165) is 0 Å². The third-order valence-corrected chi connectivity index (χ3v) is 3.94. The molecule has 30 heavy (non-hydrogen) atoms. The van der Waals surface area contributed by atoms with E-state index in [1.807, 2.05) is 0 Å².